The van der Waals surface area contributed by atoms with Crippen LogP contribution in [0.3, 0.4) is 0 Å². The van der Waals surface area contributed by atoms with Crippen molar-refractivity contribution in [2.24, 2.45) is 5.92 Å². The maximum absolute atomic E-state index is 12.3. The third-order valence-corrected chi connectivity index (χ3v) is 5.63. The Morgan fingerprint density at radius 2 is 1.77 bits per heavy atom. The van der Waals surface area contributed by atoms with Crippen molar-refractivity contribution in [2.45, 2.75) is 11.3 Å². The maximum atomic E-state index is 12.3. The van der Waals surface area contributed by atoms with Crippen LogP contribution in [0.1, 0.15) is 6.42 Å². The Kier molecular flexibility index (Phi) is 5.01. The SMILES string of the molecule is O=C1CC(CNS(=O)(=O)c2ccc([N+](=O)[O-])cc2)CN1c1ccccc1. The van der Waals surface area contributed by atoms with Gasteiger partial charge in [-0.2, -0.15) is 0 Å². The lowest BCUT2D eigenvalue weighted by atomic mass is 10.1. The lowest BCUT2D eigenvalue weighted by molar-refractivity contribution is -0.384. The third-order valence-electron chi connectivity index (χ3n) is 4.19. The number of benzene rings is 2. The Morgan fingerprint density at radius 3 is 2.38 bits per heavy atom. The van der Waals surface area contributed by atoms with Crippen LogP contribution in [0.4, 0.5) is 11.4 Å². The first-order valence-electron chi connectivity index (χ1n) is 7.96. The number of sulfonamides is 1. The molecule has 1 aliphatic heterocycles. The summed E-state index contributed by atoms with van der Waals surface area (Å²) in [6.45, 7) is 0.556. The van der Waals surface area contributed by atoms with Crippen LogP contribution in [0, 0.1) is 16.0 Å². The molecule has 0 bridgehead atoms. The van der Waals surface area contributed by atoms with Gasteiger partial charge in [0.2, 0.25) is 15.9 Å². The summed E-state index contributed by atoms with van der Waals surface area (Å²) in [6, 6.07) is 13.9. The summed E-state index contributed by atoms with van der Waals surface area (Å²) in [4.78, 5) is 23.8. The molecule has 1 amide bonds. The standard InChI is InChI=1S/C17H17N3O5S/c21-17-10-13(12-19(17)14-4-2-1-3-5-14)11-18-26(24,25)16-8-6-15(7-9-16)20(22)23/h1-9,13,18H,10-12H2. The second-order valence-electron chi connectivity index (χ2n) is 6.01. The van der Waals surface area contributed by atoms with Crippen LogP contribution in [0.25, 0.3) is 0 Å². The Labute approximate surface area is 150 Å². The quantitative estimate of drug-likeness (QED) is 0.613. The summed E-state index contributed by atoms with van der Waals surface area (Å²) in [5.41, 5.74) is 0.613. The fourth-order valence-electron chi connectivity index (χ4n) is 2.83. The molecular formula is C17H17N3O5S. The van der Waals surface area contributed by atoms with Gasteiger partial charge < -0.3 is 4.90 Å². The van der Waals surface area contributed by atoms with Crippen LogP contribution in [0.5, 0.6) is 0 Å². The van der Waals surface area contributed by atoms with Crippen molar-refractivity contribution in [1.82, 2.24) is 4.72 Å². The van der Waals surface area contributed by atoms with Gasteiger partial charge in [-0.05, 0) is 30.2 Å². The number of nitrogens with one attached hydrogen (secondary N) is 1. The van der Waals surface area contributed by atoms with Crippen LogP contribution in [-0.4, -0.2) is 32.3 Å². The highest BCUT2D eigenvalue weighted by atomic mass is 32.2. The lowest BCUT2D eigenvalue weighted by Gasteiger charge is -2.16. The van der Waals surface area contributed by atoms with Gasteiger partial charge in [-0.25, -0.2) is 13.1 Å². The van der Waals surface area contributed by atoms with Gasteiger partial charge in [-0.1, -0.05) is 18.2 Å². The number of non-ortho nitro benzene ring substituents is 1. The molecule has 26 heavy (non-hydrogen) atoms. The van der Waals surface area contributed by atoms with E-state index in [9.17, 15) is 23.3 Å². The van der Waals surface area contributed by atoms with Gasteiger partial charge in [0.25, 0.3) is 5.69 Å². The molecule has 1 unspecified atom stereocenters. The van der Waals surface area contributed by atoms with E-state index in [2.05, 4.69) is 4.72 Å². The smallest absolute Gasteiger partial charge is 0.269 e. The number of anilines is 1. The zero-order valence-electron chi connectivity index (χ0n) is 13.7. The van der Waals surface area contributed by atoms with Gasteiger partial charge in [0.15, 0.2) is 0 Å². The molecule has 1 atom stereocenters. The normalized spacial score (nSPS) is 17.5. The molecule has 0 saturated carbocycles. The van der Waals surface area contributed by atoms with Crippen LogP contribution < -0.4 is 9.62 Å². The van der Waals surface area contributed by atoms with E-state index in [-0.39, 0.29) is 35.4 Å². The average molecular weight is 375 g/mol. The molecule has 8 nitrogen and oxygen atoms in total. The monoisotopic (exact) mass is 375 g/mol. The first kappa shape index (κ1) is 18.0. The highest BCUT2D eigenvalue weighted by molar-refractivity contribution is 7.89. The van der Waals surface area contributed by atoms with Crippen molar-refractivity contribution in [1.29, 1.82) is 0 Å². The minimum atomic E-state index is -3.79. The second kappa shape index (κ2) is 7.22. The molecule has 9 heteroatoms. The number of rotatable bonds is 6. The topological polar surface area (TPSA) is 110 Å². The number of hydrogen-bond acceptors (Lipinski definition) is 5. The molecule has 3 rings (SSSR count). The molecule has 1 heterocycles. The van der Waals surface area contributed by atoms with Crippen molar-refractivity contribution >= 4 is 27.3 Å². The van der Waals surface area contributed by atoms with Gasteiger partial charge in [0.05, 0.1) is 9.82 Å². The number of para-hydroxylation sites is 1. The number of carbonyl (C=O) groups is 1. The van der Waals surface area contributed by atoms with E-state index >= 15 is 0 Å². The van der Waals surface area contributed by atoms with E-state index in [1.54, 1.807) is 4.90 Å². The highest BCUT2D eigenvalue weighted by Gasteiger charge is 2.31. The summed E-state index contributed by atoms with van der Waals surface area (Å²) in [5, 5.41) is 10.6. The van der Waals surface area contributed by atoms with Crippen molar-refractivity contribution in [2.75, 3.05) is 18.0 Å². The molecule has 1 aliphatic rings. The highest BCUT2D eigenvalue weighted by Crippen LogP contribution is 2.25. The molecule has 0 aromatic heterocycles. The zero-order valence-corrected chi connectivity index (χ0v) is 14.6. The van der Waals surface area contributed by atoms with Crippen LogP contribution in [-0.2, 0) is 14.8 Å². The van der Waals surface area contributed by atoms with Crippen molar-refractivity contribution in [3.8, 4) is 0 Å². The minimum Gasteiger partial charge on any atom is -0.312 e. The van der Waals surface area contributed by atoms with E-state index < -0.39 is 14.9 Å². The fourth-order valence-corrected chi connectivity index (χ4v) is 3.95. The number of nitro benzene ring substituents is 1. The van der Waals surface area contributed by atoms with Crippen LogP contribution >= 0.6 is 0 Å². The third kappa shape index (κ3) is 3.89. The molecule has 136 valence electrons. The molecule has 1 N–H and O–H groups in total. The van der Waals surface area contributed by atoms with Crippen LogP contribution in [0.15, 0.2) is 59.5 Å². The number of carbonyl (C=O) groups excluding carboxylic acids is 1. The van der Waals surface area contributed by atoms with E-state index in [4.69, 9.17) is 0 Å². The summed E-state index contributed by atoms with van der Waals surface area (Å²) < 4.78 is 27.1. The summed E-state index contributed by atoms with van der Waals surface area (Å²) in [5.74, 6) is -0.189. The molecule has 1 fully saturated rings. The second-order valence-corrected chi connectivity index (χ2v) is 7.78. The van der Waals surface area contributed by atoms with E-state index in [0.717, 1.165) is 17.8 Å². The average Bonchev–Trinajstić information content (AvgIpc) is 3.02. The lowest BCUT2D eigenvalue weighted by Crippen LogP contribution is -2.31. The molecule has 0 radical (unpaired) electrons. The van der Waals surface area contributed by atoms with Gasteiger partial charge in [0, 0.05) is 37.3 Å². The van der Waals surface area contributed by atoms with E-state index in [1.807, 2.05) is 30.3 Å². The Morgan fingerprint density at radius 1 is 1.12 bits per heavy atom. The predicted molar refractivity (Wildman–Crippen MR) is 95.2 cm³/mol. The summed E-state index contributed by atoms with van der Waals surface area (Å²) >= 11 is 0. The number of amides is 1. The Hall–Kier alpha value is -2.78. The Balaban J connectivity index is 1.63. The van der Waals surface area contributed by atoms with Crippen molar-refractivity contribution in [3.63, 3.8) is 0 Å². The van der Waals surface area contributed by atoms with Gasteiger partial charge in [0.1, 0.15) is 0 Å². The molecule has 2 aromatic rings. The first-order chi connectivity index (χ1) is 12.4. The maximum Gasteiger partial charge on any atom is 0.269 e. The molecule has 0 spiro atoms. The largest absolute Gasteiger partial charge is 0.312 e. The van der Waals surface area contributed by atoms with Crippen molar-refractivity contribution < 1.29 is 18.1 Å². The van der Waals surface area contributed by atoms with Gasteiger partial charge >= 0.3 is 0 Å². The summed E-state index contributed by atoms with van der Waals surface area (Å²) in [7, 11) is -3.79. The first-order valence-corrected chi connectivity index (χ1v) is 9.44. The van der Waals surface area contributed by atoms with E-state index in [1.165, 1.54) is 12.1 Å². The van der Waals surface area contributed by atoms with Gasteiger partial charge in [-0.3, -0.25) is 14.9 Å². The van der Waals surface area contributed by atoms with Crippen LogP contribution in [0.2, 0.25) is 0 Å². The molecular weight excluding hydrogens is 358 g/mol. The molecule has 0 aliphatic carbocycles. The van der Waals surface area contributed by atoms with E-state index in [0.29, 0.717) is 6.54 Å². The molecule has 1 saturated heterocycles. The molecule has 2 aromatic carbocycles. The number of hydrogen-bond donors (Lipinski definition) is 1. The predicted octanol–water partition coefficient (Wildman–Crippen LogP) is 1.93. The Bertz CT molecular complexity index is 913. The zero-order chi connectivity index (χ0) is 18.7. The van der Waals surface area contributed by atoms with Gasteiger partial charge in [-0.15, -0.1) is 0 Å². The van der Waals surface area contributed by atoms with Crippen molar-refractivity contribution in [3.05, 3.63) is 64.7 Å². The fraction of sp³-hybridized carbons (Fsp3) is 0.235. The minimum absolute atomic E-state index is 0.0456. The summed E-state index contributed by atoms with van der Waals surface area (Å²) in [6.07, 6.45) is 0.262. The number of nitrogens with zero attached hydrogens (tertiary/aromatic N) is 2. The number of nitro groups is 1.